The van der Waals surface area contributed by atoms with Crippen LogP contribution >= 0.6 is 11.6 Å². The monoisotopic (exact) mass is 316 g/mol. The third-order valence-corrected chi connectivity index (χ3v) is 4.90. The second kappa shape index (κ2) is 6.59. The van der Waals surface area contributed by atoms with Crippen molar-refractivity contribution in [3.05, 3.63) is 28.3 Å². The average molecular weight is 317 g/mol. The normalized spacial score (nSPS) is 16.1. The van der Waals surface area contributed by atoms with Crippen LogP contribution in [0, 0.1) is 5.92 Å². The van der Waals surface area contributed by atoms with E-state index in [4.69, 9.17) is 16.3 Å². The molecule has 1 heterocycles. The van der Waals surface area contributed by atoms with Gasteiger partial charge in [0.25, 0.3) is 0 Å². The van der Waals surface area contributed by atoms with E-state index in [0.29, 0.717) is 17.4 Å². The van der Waals surface area contributed by atoms with Crippen molar-refractivity contribution in [1.82, 2.24) is 0 Å². The molecule has 1 aromatic rings. The highest BCUT2D eigenvalue weighted by atomic mass is 35.5. The predicted octanol–water partition coefficient (Wildman–Crippen LogP) is 2.33. The summed E-state index contributed by atoms with van der Waals surface area (Å²) in [7, 11) is 0.169. The molecule has 0 bridgehead atoms. The molecule has 20 heavy (non-hydrogen) atoms. The second-order valence-electron chi connectivity index (χ2n) is 4.83. The number of benzene rings is 1. The Morgan fingerprint density at radius 2 is 2.30 bits per heavy atom. The molecule has 110 valence electrons. The van der Waals surface area contributed by atoms with Crippen LogP contribution in [0.2, 0.25) is 5.02 Å². The van der Waals surface area contributed by atoms with Gasteiger partial charge >= 0.3 is 5.97 Å². The second-order valence-corrected chi connectivity index (χ2v) is 6.76. The lowest BCUT2D eigenvalue weighted by Gasteiger charge is -2.11. The Bertz CT molecular complexity index is 544. The zero-order valence-corrected chi connectivity index (χ0v) is 13.1. The minimum Gasteiger partial charge on any atom is -0.493 e. The third-order valence-electron chi connectivity index (χ3n) is 3.18. The molecule has 1 aliphatic rings. The first-order valence-electron chi connectivity index (χ1n) is 6.38. The Kier molecular flexibility index (Phi) is 5.05. The number of halogens is 1. The molecule has 0 amide bonds. The van der Waals surface area contributed by atoms with Crippen LogP contribution in [0.4, 0.5) is 0 Å². The summed E-state index contributed by atoms with van der Waals surface area (Å²) in [5.41, 5.74) is 1.91. The van der Waals surface area contributed by atoms with E-state index in [2.05, 4.69) is 4.74 Å². The fourth-order valence-electron chi connectivity index (χ4n) is 2.23. The molecule has 0 aliphatic carbocycles. The van der Waals surface area contributed by atoms with Crippen LogP contribution in [-0.4, -0.2) is 29.6 Å². The van der Waals surface area contributed by atoms with Crippen LogP contribution in [0.3, 0.4) is 0 Å². The summed E-state index contributed by atoms with van der Waals surface area (Å²) >= 11 is 6.06. The van der Waals surface area contributed by atoms with Gasteiger partial charge in [0, 0.05) is 33.6 Å². The van der Waals surface area contributed by atoms with Crippen LogP contribution in [0.15, 0.2) is 12.1 Å². The summed E-state index contributed by atoms with van der Waals surface area (Å²) in [5, 5.41) is 0.627. The molecule has 1 aromatic carbocycles. The predicted molar refractivity (Wildman–Crippen MR) is 78.5 cm³/mol. The molecule has 2 atom stereocenters. The van der Waals surface area contributed by atoms with E-state index in [1.54, 1.807) is 13.0 Å². The summed E-state index contributed by atoms with van der Waals surface area (Å²) in [4.78, 5) is 11.3. The number of hydrogen-bond acceptors (Lipinski definition) is 4. The molecule has 0 radical (unpaired) electrons. The lowest BCUT2D eigenvalue weighted by Crippen LogP contribution is -2.20. The highest BCUT2D eigenvalue weighted by Crippen LogP contribution is 2.33. The van der Waals surface area contributed by atoms with Crippen LogP contribution in [0.5, 0.6) is 5.75 Å². The van der Waals surface area contributed by atoms with Gasteiger partial charge in [0.05, 0.1) is 25.4 Å². The molecule has 2 rings (SSSR count). The van der Waals surface area contributed by atoms with E-state index >= 15 is 0 Å². The van der Waals surface area contributed by atoms with Gasteiger partial charge < -0.3 is 9.47 Å². The Morgan fingerprint density at radius 3 is 3.00 bits per heavy atom. The first kappa shape index (κ1) is 15.3. The molecule has 6 heteroatoms. The molecule has 0 fully saturated rings. The van der Waals surface area contributed by atoms with Crippen molar-refractivity contribution in [2.75, 3.05) is 19.5 Å². The van der Waals surface area contributed by atoms with Gasteiger partial charge in [-0.15, -0.1) is 0 Å². The largest absolute Gasteiger partial charge is 0.493 e. The molecular formula is C14H17ClO4S. The van der Waals surface area contributed by atoms with Gasteiger partial charge in [-0.3, -0.25) is 9.00 Å². The number of carbonyl (C=O) groups excluding carboxylic acids is 1. The fourth-order valence-corrected chi connectivity index (χ4v) is 3.87. The van der Waals surface area contributed by atoms with Crippen LogP contribution in [-0.2, 0) is 32.5 Å². The molecule has 0 saturated carbocycles. The van der Waals surface area contributed by atoms with Crippen molar-refractivity contribution in [3.63, 3.8) is 0 Å². The smallest absolute Gasteiger partial charge is 0.309 e. The number of carbonyl (C=O) groups is 1. The molecule has 4 nitrogen and oxygen atoms in total. The maximum atomic E-state index is 12.2. The summed E-state index contributed by atoms with van der Waals surface area (Å²) in [5.74, 6) is 0.687. The van der Waals surface area contributed by atoms with E-state index in [9.17, 15) is 9.00 Å². The number of rotatable bonds is 5. The van der Waals surface area contributed by atoms with Crippen molar-refractivity contribution >= 4 is 28.4 Å². The number of fused-ring (bicyclic) bond motifs is 1. The standard InChI is InChI=1S/C14H17ClO4S/c1-9(14(16)18-2)7-20(17)8-11-6-12(15)5-10-3-4-19-13(10)11/h5-6,9H,3-4,7-8H2,1-2H3. The van der Waals surface area contributed by atoms with Gasteiger partial charge in [0.15, 0.2) is 0 Å². The van der Waals surface area contributed by atoms with Crippen LogP contribution in [0.25, 0.3) is 0 Å². The maximum absolute atomic E-state index is 12.2. The molecular weight excluding hydrogens is 300 g/mol. The fraction of sp³-hybridized carbons (Fsp3) is 0.500. The van der Waals surface area contributed by atoms with Gasteiger partial charge in [-0.1, -0.05) is 18.5 Å². The van der Waals surface area contributed by atoms with Crippen molar-refractivity contribution in [3.8, 4) is 5.75 Å². The minimum absolute atomic E-state index is 0.272. The summed E-state index contributed by atoms with van der Waals surface area (Å²) in [6.45, 7) is 2.34. The zero-order chi connectivity index (χ0) is 14.7. The van der Waals surface area contributed by atoms with Crippen molar-refractivity contribution in [2.24, 2.45) is 5.92 Å². The molecule has 0 spiro atoms. The first-order chi connectivity index (χ1) is 9.51. The lowest BCUT2D eigenvalue weighted by atomic mass is 10.1. The average Bonchev–Trinajstić information content (AvgIpc) is 2.85. The number of hydrogen-bond donors (Lipinski definition) is 0. The van der Waals surface area contributed by atoms with E-state index in [-0.39, 0.29) is 17.6 Å². The number of methoxy groups -OCH3 is 1. The molecule has 0 N–H and O–H groups in total. The van der Waals surface area contributed by atoms with Crippen LogP contribution in [0.1, 0.15) is 18.1 Å². The van der Waals surface area contributed by atoms with Gasteiger partial charge in [0.2, 0.25) is 0 Å². The Morgan fingerprint density at radius 1 is 1.55 bits per heavy atom. The van der Waals surface area contributed by atoms with Gasteiger partial charge in [0.1, 0.15) is 5.75 Å². The quantitative estimate of drug-likeness (QED) is 0.782. The van der Waals surface area contributed by atoms with E-state index < -0.39 is 10.8 Å². The molecule has 0 saturated heterocycles. The highest BCUT2D eigenvalue weighted by molar-refractivity contribution is 7.84. The number of ether oxygens (including phenoxy) is 2. The van der Waals surface area contributed by atoms with Crippen LogP contribution < -0.4 is 4.74 Å². The zero-order valence-electron chi connectivity index (χ0n) is 11.5. The molecule has 2 unspecified atom stereocenters. The van der Waals surface area contributed by atoms with E-state index in [0.717, 1.165) is 23.3 Å². The summed E-state index contributed by atoms with van der Waals surface area (Å²) in [6, 6.07) is 3.67. The Balaban J connectivity index is 2.07. The van der Waals surface area contributed by atoms with Crippen molar-refractivity contribution < 1.29 is 18.5 Å². The number of esters is 1. The molecule has 1 aliphatic heterocycles. The van der Waals surface area contributed by atoms with Gasteiger partial charge in [-0.05, 0) is 17.7 Å². The summed E-state index contributed by atoms with van der Waals surface area (Å²) in [6.07, 6.45) is 0.827. The van der Waals surface area contributed by atoms with E-state index in [1.807, 2.05) is 6.07 Å². The maximum Gasteiger partial charge on any atom is 0.309 e. The van der Waals surface area contributed by atoms with Crippen molar-refractivity contribution in [1.29, 1.82) is 0 Å². The summed E-state index contributed by atoms with van der Waals surface area (Å²) < 4.78 is 22.4. The lowest BCUT2D eigenvalue weighted by molar-refractivity contribution is -0.144. The minimum atomic E-state index is -1.16. The highest BCUT2D eigenvalue weighted by Gasteiger charge is 2.21. The third kappa shape index (κ3) is 3.52. The molecule has 0 aromatic heterocycles. The Labute approximate surface area is 125 Å². The van der Waals surface area contributed by atoms with Gasteiger partial charge in [-0.2, -0.15) is 0 Å². The van der Waals surface area contributed by atoms with Crippen molar-refractivity contribution in [2.45, 2.75) is 19.1 Å². The van der Waals surface area contributed by atoms with E-state index in [1.165, 1.54) is 7.11 Å². The first-order valence-corrected chi connectivity index (χ1v) is 8.24. The Hall–Kier alpha value is -1.07. The topological polar surface area (TPSA) is 52.6 Å². The SMILES string of the molecule is COC(=O)C(C)CS(=O)Cc1cc(Cl)cc2c1OCC2. The van der Waals surface area contributed by atoms with Gasteiger partial charge in [-0.25, -0.2) is 0 Å².